The lowest BCUT2D eigenvalue weighted by atomic mass is 10.1. The summed E-state index contributed by atoms with van der Waals surface area (Å²) in [5, 5.41) is 19.3. The molecule has 0 aliphatic carbocycles. The van der Waals surface area contributed by atoms with Gasteiger partial charge in [-0.2, -0.15) is 0 Å². The highest BCUT2D eigenvalue weighted by atomic mass is 19.2. The van der Waals surface area contributed by atoms with E-state index in [4.69, 9.17) is 9.84 Å². The van der Waals surface area contributed by atoms with Crippen LogP contribution in [0.3, 0.4) is 0 Å². The second-order valence-electron chi connectivity index (χ2n) is 6.05. The van der Waals surface area contributed by atoms with E-state index in [1.54, 1.807) is 18.2 Å². The summed E-state index contributed by atoms with van der Waals surface area (Å²) >= 11 is 0. The van der Waals surface area contributed by atoms with Crippen LogP contribution >= 0.6 is 0 Å². The smallest absolute Gasteiger partial charge is 0.376 e. The standard InChI is InChI=1S/C20H14F3NO5/c1-29-17-4-2-3-14-18(17)11(15(25)7-16(26)20(27)28)9-24(14)8-10-12(21)5-6-13(22)19(10)23/h2-7,9,25H,8H2,1H3,(H,27,28)/b15-7+. The fourth-order valence-corrected chi connectivity index (χ4v) is 2.96. The van der Waals surface area contributed by atoms with Crippen LogP contribution < -0.4 is 4.74 Å². The second-order valence-corrected chi connectivity index (χ2v) is 6.05. The van der Waals surface area contributed by atoms with Crippen LogP contribution in [-0.2, 0) is 16.1 Å². The summed E-state index contributed by atoms with van der Waals surface area (Å²) in [5.41, 5.74) is -0.184. The third-order valence-corrected chi connectivity index (χ3v) is 4.31. The summed E-state index contributed by atoms with van der Waals surface area (Å²) in [6.07, 6.45) is 1.77. The van der Waals surface area contributed by atoms with E-state index in [1.807, 2.05) is 0 Å². The largest absolute Gasteiger partial charge is 0.507 e. The molecule has 0 bridgehead atoms. The maximum atomic E-state index is 14.1. The molecule has 0 amide bonds. The molecule has 150 valence electrons. The number of halogens is 3. The van der Waals surface area contributed by atoms with Crippen LogP contribution in [0.4, 0.5) is 13.2 Å². The first kappa shape index (κ1) is 20.0. The Bertz CT molecular complexity index is 1170. The van der Waals surface area contributed by atoms with Gasteiger partial charge in [0.25, 0.3) is 5.78 Å². The fourth-order valence-electron chi connectivity index (χ4n) is 2.96. The van der Waals surface area contributed by atoms with Crippen molar-refractivity contribution in [2.24, 2.45) is 0 Å². The number of aliphatic hydroxyl groups is 1. The number of ketones is 1. The average molecular weight is 405 g/mol. The molecule has 29 heavy (non-hydrogen) atoms. The summed E-state index contributed by atoms with van der Waals surface area (Å²) in [4.78, 5) is 22.2. The molecule has 2 aromatic carbocycles. The van der Waals surface area contributed by atoms with E-state index in [1.165, 1.54) is 17.9 Å². The zero-order chi connectivity index (χ0) is 21.3. The van der Waals surface area contributed by atoms with Crippen LogP contribution in [0.2, 0.25) is 0 Å². The van der Waals surface area contributed by atoms with Gasteiger partial charge in [0, 0.05) is 23.4 Å². The third kappa shape index (κ3) is 3.66. The monoisotopic (exact) mass is 405 g/mol. The Morgan fingerprint density at radius 3 is 2.45 bits per heavy atom. The lowest BCUT2D eigenvalue weighted by Crippen LogP contribution is -2.09. The summed E-state index contributed by atoms with van der Waals surface area (Å²) in [6, 6.07) is 6.16. The molecule has 0 unspecified atom stereocenters. The molecule has 0 aliphatic heterocycles. The highest BCUT2D eigenvalue weighted by molar-refractivity contribution is 6.38. The minimum Gasteiger partial charge on any atom is -0.507 e. The van der Waals surface area contributed by atoms with Crippen molar-refractivity contribution in [1.29, 1.82) is 0 Å². The lowest BCUT2D eigenvalue weighted by molar-refractivity contribution is -0.146. The number of carbonyl (C=O) groups is 2. The predicted octanol–water partition coefficient (Wildman–Crippen LogP) is 3.67. The van der Waals surface area contributed by atoms with E-state index in [0.29, 0.717) is 17.7 Å². The number of aromatic nitrogens is 1. The molecule has 1 aromatic heterocycles. The molecule has 0 atom stereocenters. The Labute approximate surface area is 162 Å². The van der Waals surface area contributed by atoms with Gasteiger partial charge in [-0.25, -0.2) is 18.0 Å². The third-order valence-electron chi connectivity index (χ3n) is 4.31. The van der Waals surface area contributed by atoms with E-state index < -0.39 is 47.1 Å². The minimum atomic E-state index is -1.77. The SMILES string of the molecule is COc1cccc2c1c(/C(O)=C\C(=O)C(=O)O)cn2Cc1c(F)ccc(F)c1F. The number of ether oxygens (including phenoxy) is 1. The van der Waals surface area contributed by atoms with Crippen LogP contribution in [0.25, 0.3) is 16.7 Å². The molecular formula is C20H14F3NO5. The van der Waals surface area contributed by atoms with Crippen molar-refractivity contribution < 1.29 is 37.7 Å². The maximum Gasteiger partial charge on any atom is 0.376 e. The van der Waals surface area contributed by atoms with Gasteiger partial charge >= 0.3 is 5.97 Å². The summed E-state index contributed by atoms with van der Waals surface area (Å²) < 4.78 is 48.3. The van der Waals surface area contributed by atoms with Crippen LogP contribution in [0.5, 0.6) is 5.75 Å². The van der Waals surface area contributed by atoms with Crippen LogP contribution in [0, 0.1) is 17.5 Å². The number of hydrogen-bond donors (Lipinski definition) is 2. The van der Waals surface area contributed by atoms with Crippen molar-refractivity contribution in [1.82, 2.24) is 4.57 Å². The van der Waals surface area contributed by atoms with E-state index in [-0.39, 0.29) is 16.7 Å². The molecule has 6 nitrogen and oxygen atoms in total. The normalized spacial score (nSPS) is 11.7. The predicted molar refractivity (Wildman–Crippen MR) is 97.2 cm³/mol. The average Bonchev–Trinajstić information content (AvgIpc) is 3.07. The number of hydrogen-bond acceptors (Lipinski definition) is 4. The molecule has 3 aromatic rings. The molecule has 0 radical (unpaired) electrons. The van der Waals surface area contributed by atoms with Gasteiger partial charge in [-0.15, -0.1) is 0 Å². The quantitative estimate of drug-likeness (QED) is 0.283. The van der Waals surface area contributed by atoms with Gasteiger partial charge in [0.15, 0.2) is 11.6 Å². The van der Waals surface area contributed by atoms with Gasteiger partial charge in [0.2, 0.25) is 0 Å². The number of nitrogens with zero attached hydrogens (tertiary/aromatic N) is 1. The Morgan fingerprint density at radius 2 is 1.79 bits per heavy atom. The number of benzene rings is 2. The highest BCUT2D eigenvalue weighted by Crippen LogP contribution is 2.34. The maximum absolute atomic E-state index is 14.1. The summed E-state index contributed by atoms with van der Waals surface area (Å²) in [5.74, 6) is -7.07. The number of rotatable bonds is 6. The van der Waals surface area contributed by atoms with Crippen molar-refractivity contribution >= 4 is 28.4 Å². The van der Waals surface area contributed by atoms with Crippen LogP contribution in [0.1, 0.15) is 11.1 Å². The summed E-state index contributed by atoms with van der Waals surface area (Å²) in [7, 11) is 1.35. The van der Waals surface area contributed by atoms with Gasteiger partial charge in [0.05, 0.1) is 24.6 Å². The van der Waals surface area contributed by atoms with Crippen LogP contribution in [0.15, 0.2) is 42.6 Å². The number of fused-ring (bicyclic) bond motifs is 1. The van der Waals surface area contributed by atoms with Gasteiger partial charge in [-0.05, 0) is 24.3 Å². The molecule has 0 saturated heterocycles. The van der Waals surface area contributed by atoms with E-state index in [2.05, 4.69) is 0 Å². The molecule has 0 aliphatic rings. The minimum absolute atomic E-state index is 0.00395. The first-order chi connectivity index (χ1) is 13.7. The van der Waals surface area contributed by atoms with Crippen molar-refractivity contribution in [3.63, 3.8) is 0 Å². The molecule has 0 spiro atoms. The van der Waals surface area contributed by atoms with E-state index in [0.717, 1.165) is 6.07 Å². The molecule has 0 fully saturated rings. The van der Waals surface area contributed by atoms with Gasteiger partial charge in [-0.3, -0.25) is 4.79 Å². The topological polar surface area (TPSA) is 88.8 Å². The Hall–Kier alpha value is -3.75. The van der Waals surface area contributed by atoms with Crippen molar-refractivity contribution in [2.45, 2.75) is 6.54 Å². The fraction of sp³-hybridized carbons (Fsp3) is 0.100. The summed E-state index contributed by atoms with van der Waals surface area (Å²) in [6.45, 7) is -0.431. The van der Waals surface area contributed by atoms with Gasteiger partial charge in [0.1, 0.15) is 17.3 Å². The molecule has 3 rings (SSSR count). The zero-order valence-electron chi connectivity index (χ0n) is 14.9. The second kappa shape index (κ2) is 7.70. The first-order valence-electron chi connectivity index (χ1n) is 8.21. The number of aliphatic carboxylic acids is 1. The highest BCUT2D eigenvalue weighted by Gasteiger charge is 2.21. The Balaban J connectivity index is 2.22. The zero-order valence-corrected chi connectivity index (χ0v) is 14.9. The van der Waals surface area contributed by atoms with Crippen molar-refractivity contribution in [3.05, 3.63) is 71.2 Å². The van der Waals surface area contributed by atoms with Crippen LogP contribution in [-0.4, -0.2) is 33.6 Å². The number of methoxy groups -OCH3 is 1. The Kier molecular flexibility index (Phi) is 5.31. The van der Waals surface area contributed by atoms with E-state index in [9.17, 15) is 27.9 Å². The van der Waals surface area contributed by atoms with Gasteiger partial charge < -0.3 is 19.5 Å². The molecular weight excluding hydrogens is 391 g/mol. The number of carboxylic acid groups (broad SMARTS) is 1. The number of carbonyl (C=O) groups excluding carboxylic acids is 1. The van der Waals surface area contributed by atoms with E-state index >= 15 is 0 Å². The molecule has 9 heteroatoms. The van der Waals surface area contributed by atoms with Gasteiger partial charge in [-0.1, -0.05) is 6.07 Å². The molecule has 2 N–H and O–H groups in total. The first-order valence-corrected chi connectivity index (χ1v) is 8.21. The molecule has 1 heterocycles. The number of carboxylic acids is 1. The molecule has 0 saturated carbocycles. The Morgan fingerprint density at radius 1 is 1.10 bits per heavy atom. The number of aliphatic hydroxyl groups excluding tert-OH is 1. The van der Waals surface area contributed by atoms with Crippen molar-refractivity contribution in [2.75, 3.05) is 7.11 Å². The van der Waals surface area contributed by atoms with Crippen molar-refractivity contribution in [3.8, 4) is 5.75 Å². The lowest BCUT2D eigenvalue weighted by Gasteiger charge is -2.09.